The minimum atomic E-state index is 1.58. The van der Waals surface area contributed by atoms with Gasteiger partial charge in [-0.1, -0.05) is 0 Å². The number of hydrogen-bond acceptors (Lipinski definition) is 6. The monoisotopic (exact) mass is 164 g/mol. The zero-order valence-electron chi connectivity index (χ0n) is 6.25. The minimum absolute atomic E-state index is 1.58. The Morgan fingerprint density at radius 3 is 2.08 bits per heavy atom. The van der Waals surface area contributed by atoms with Gasteiger partial charge in [0.25, 0.3) is 0 Å². The summed E-state index contributed by atoms with van der Waals surface area (Å²) in [5.74, 6) is 0. The molecule has 1 aliphatic heterocycles. The smallest absolute Gasteiger partial charge is 0.0529 e. The van der Waals surface area contributed by atoms with Gasteiger partial charge in [-0.25, -0.2) is 5.53 Å². The molecule has 6 nitrogen and oxygen atoms in total. The maximum atomic E-state index is 3.60. The number of hydrazone groups is 1. The van der Waals surface area contributed by atoms with Crippen molar-refractivity contribution in [3.63, 3.8) is 0 Å². The van der Waals surface area contributed by atoms with Crippen LogP contribution in [0.5, 0.6) is 0 Å². The van der Waals surface area contributed by atoms with Gasteiger partial charge in [0.05, 0.1) is 18.6 Å². The Labute approximate surface area is 69.4 Å². The van der Waals surface area contributed by atoms with E-state index in [0.29, 0.717) is 0 Å². The van der Waals surface area contributed by atoms with E-state index in [0.717, 1.165) is 0 Å². The van der Waals surface area contributed by atoms with Crippen molar-refractivity contribution < 1.29 is 0 Å². The second-order valence-corrected chi connectivity index (χ2v) is 1.70. The average Bonchev–Trinajstić information content (AvgIpc) is 2.24. The number of rotatable bonds is 0. The van der Waals surface area contributed by atoms with Crippen molar-refractivity contribution in [2.24, 2.45) is 5.10 Å². The summed E-state index contributed by atoms with van der Waals surface area (Å²) in [5.41, 5.74) is 5.17. The molecule has 0 unspecified atom stereocenters. The van der Waals surface area contributed by atoms with Crippen LogP contribution < -0.4 is 11.0 Å². The third kappa shape index (κ3) is 3.94. The highest BCUT2D eigenvalue weighted by atomic mass is 15.5. The molecular weight excluding hydrogens is 156 g/mol. The first-order valence-corrected chi connectivity index (χ1v) is 3.27. The summed E-state index contributed by atoms with van der Waals surface area (Å²) in [6.07, 6.45) is 8.38. The summed E-state index contributed by atoms with van der Waals surface area (Å²) in [7, 11) is 0. The molecule has 0 aromatic carbocycles. The normalized spacial score (nSPS) is 12.0. The summed E-state index contributed by atoms with van der Waals surface area (Å²) < 4.78 is 0. The van der Waals surface area contributed by atoms with E-state index in [9.17, 15) is 0 Å². The minimum Gasteiger partial charge on any atom is -0.292 e. The second kappa shape index (κ2) is 5.78. The highest BCUT2D eigenvalue weighted by molar-refractivity contribution is 5.70. The van der Waals surface area contributed by atoms with Crippen molar-refractivity contribution in [1.82, 2.24) is 26.4 Å². The maximum absolute atomic E-state index is 3.60. The molecule has 0 bridgehead atoms. The molecule has 0 aliphatic carbocycles. The maximum Gasteiger partial charge on any atom is 0.0529 e. The van der Waals surface area contributed by atoms with Gasteiger partial charge in [0.1, 0.15) is 0 Å². The lowest BCUT2D eigenvalue weighted by Gasteiger charge is -1.97. The average molecular weight is 164 g/mol. The van der Waals surface area contributed by atoms with Crippen molar-refractivity contribution in [2.45, 2.75) is 0 Å². The topological polar surface area (TPSA) is 75.1 Å². The molecule has 0 saturated heterocycles. The Hall–Kier alpha value is -1.98. The van der Waals surface area contributed by atoms with Crippen LogP contribution in [0, 0.1) is 0 Å². The molecule has 2 N–H and O–H groups in total. The first-order chi connectivity index (χ1) is 6.00. The fraction of sp³-hybridized carbons (Fsp3) is 0. The third-order valence-corrected chi connectivity index (χ3v) is 0.878. The van der Waals surface area contributed by atoms with E-state index < -0.39 is 0 Å². The highest BCUT2D eigenvalue weighted by Crippen LogP contribution is 1.65. The van der Waals surface area contributed by atoms with Crippen molar-refractivity contribution in [3.05, 3.63) is 30.7 Å². The van der Waals surface area contributed by atoms with Gasteiger partial charge in [0.2, 0.25) is 0 Å². The largest absolute Gasteiger partial charge is 0.292 e. The quantitative estimate of drug-likeness (QED) is 0.539. The summed E-state index contributed by atoms with van der Waals surface area (Å²) >= 11 is 0. The lowest BCUT2D eigenvalue weighted by Crippen LogP contribution is -2.22. The van der Waals surface area contributed by atoms with Crippen LogP contribution in [0.25, 0.3) is 0 Å². The summed E-state index contributed by atoms with van der Waals surface area (Å²) in [6.45, 7) is 0. The number of nitrogens with one attached hydrogen (secondary N) is 2. The van der Waals surface area contributed by atoms with Crippen LogP contribution in [0.2, 0.25) is 0 Å². The van der Waals surface area contributed by atoms with Gasteiger partial charge in [-0.2, -0.15) is 5.10 Å². The predicted molar refractivity (Wildman–Crippen MR) is 43.7 cm³/mol. The summed E-state index contributed by atoms with van der Waals surface area (Å²) in [4.78, 5) is 0. The number of hydrogen-bond donors (Lipinski definition) is 2. The van der Waals surface area contributed by atoms with Gasteiger partial charge in [-0.3, -0.25) is 5.43 Å². The van der Waals surface area contributed by atoms with Crippen LogP contribution in [0.1, 0.15) is 0 Å². The molecule has 12 heavy (non-hydrogen) atoms. The van der Waals surface area contributed by atoms with E-state index in [1.807, 2.05) is 0 Å². The molecule has 0 fully saturated rings. The Kier molecular flexibility index (Phi) is 3.91. The molecule has 1 aliphatic rings. The Morgan fingerprint density at radius 1 is 1.08 bits per heavy atom. The molecule has 0 atom stereocenters. The SMILES string of the molecule is C1=CNNN=C1.c1cnnnc1. The van der Waals surface area contributed by atoms with Crippen LogP contribution in [0.4, 0.5) is 0 Å². The number of allylic oxidation sites excluding steroid dienone is 1. The van der Waals surface area contributed by atoms with Crippen molar-refractivity contribution in [1.29, 1.82) is 0 Å². The first kappa shape index (κ1) is 8.12. The van der Waals surface area contributed by atoms with E-state index >= 15 is 0 Å². The molecule has 62 valence electrons. The molecule has 0 saturated carbocycles. The zero-order chi connectivity index (χ0) is 8.49. The summed E-state index contributed by atoms with van der Waals surface area (Å²) in [5, 5.41) is 13.7. The van der Waals surface area contributed by atoms with Gasteiger partial charge < -0.3 is 0 Å². The lowest BCUT2D eigenvalue weighted by molar-refractivity contribution is 0.664. The van der Waals surface area contributed by atoms with Crippen LogP contribution in [0.3, 0.4) is 0 Å². The third-order valence-electron chi connectivity index (χ3n) is 0.878. The van der Waals surface area contributed by atoms with E-state index in [-0.39, 0.29) is 0 Å². The summed E-state index contributed by atoms with van der Waals surface area (Å²) in [6, 6.07) is 1.72. The molecule has 1 aromatic heterocycles. The molecule has 0 radical (unpaired) electrons. The second-order valence-electron chi connectivity index (χ2n) is 1.70. The Balaban J connectivity index is 0.000000120. The molecule has 1 aromatic rings. The van der Waals surface area contributed by atoms with Crippen molar-refractivity contribution in [3.8, 4) is 0 Å². The van der Waals surface area contributed by atoms with Crippen LogP contribution in [-0.2, 0) is 0 Å². The standard InChI is InChI=1S/C3H5N3.C3H3N3/c2*1-2-4-6-5-3-1/h1-4,6H;1-3H. The molecule has 0 spiro atoms. The van der Waals surface area contributed by atoms with E-state index in [4.69, 9.17) is 0 Å². The molecule has 0 amide bonds. The van der Waals surface area contributed by atoms with E-state index in [1.165, 1.54) is 0 Å². The molecule has 2 rings (SSSR count). The Bertz CT molecular complexity index is 205. The van der Waals surface area contributed by atoms with E-state index in [2.05, 4.69) is 31.5 Å². The van der Waals surface area contributed by atoms with Crippen molar-refractivity contribution >= 4 is 6.21 Å². The highest BCUT2D eigenvalue weighted by Gasteiger charge is 1.70. The Morgan fingerprint density at radius 2 is 1.92 bits per heavy atom. The van der Waals surface area contributed by atoms with Crippen LogP contribution in [0.15, 0.2) is 35.8 Å². The molecular formula is C6H8N6. The van der Waals surface area contributed by atoms with Crippen LogP contribution >= 0.6 is 0 Å². The van der Waals surface area contributed by atoms with Crippen LogP contribution in [-0.4, -0.2) is 21.6 Å². The fourth-order valence-electron chi connectivity index (χ4n) is 0.451. The van der Waals surface area contributed by atoms with Gasteiger partial charge in [0, 0.05) is 6.20 Å². The number of hydrazine groups is 1. The first-order valence-electron chi connectivity index (χ1n) is 3.27. The number of aromatic nitrogens is 3. The lowest BCUT2D eigenvalue weighted by atomic mass is 10.7. The number of nitrogens with zero attached hydrogens (tertiary/aromatic N) is 4. The van der Waals surface area contributed by atoms with Gasteiger partial charge in [0.15, 0.2) is 0 Å². The van der Waals surface area contributed by atoms with Gasteiger partial charge >= 0.3 is 0 Å². The van der Waals surface area contributed by atoms with Gasteiger partial charge in [-0.15, -0.1) is 10.2 Å². The zero-order valence-corrected chi connectivity index (χ0v) is 6.25. The fourth-order valence-corrected chi connectivity index (χ4v) is 0.451. The molecule has 2 heterocycles. The molecule has 6 heteroatoms. The van der Waals surface area contributed by atoms with Crippen molar-refractivity contribution in [2.75, 3.05) is 0 Å². The van der Waals surface area contributed by atoms with E-state index in [1.54, 1.807) is 37.0 Å². The predicted octanol–water partition coefficient (Wildman–Crippen LogP) is -0.535. The van der Waals surface area contributed by atoms with Gasteiger partial charge in [-0.05, 0) is 17.4 Å².